The maximum absolute atomic E-state index is 12.7. The van der Waals surface area contributed by atoms with Crippen LogP contribution in [0, 0.1) is 0 Å². The number of benzene rings is 1. The molecule has 1 aromatic carbocycles. The molecule has 23 heavy (non-hydrogen) atoms. The molecule has 0 bridgehead atoms. The van der Waals surface area contributed by atoms with E-state index in [1.54, 1.807) is 32.9 Å². The van der Waals surface area contributed by atoms with Crippen molar-refractivity contribution in [1.29, 1.82) is 0 Å². The Balaban J connectivity index is 2.72. The molecule has 0 heterocycles. The molecule has 0 unspecified atom stereocenters. The Labute approximate surface area is 145 Å². The normalized spacial score (nSPS) is 11.8. The van der Waals surface area contributed by atoms with E-state index >= 15 is 0 Å². The largest absolute Gasteiger partial charge is 0.353 e. The molecule has 0 radical (unpaired) electrons. The summed E-state index contributed by atoms with van der Waals surface area (Å²) in [6.45, 7) is 4.57. The first-order valence-electron chi connectivity index (χ1n) is 7.14. The third-order valence-electron chi connectivity index (χ3n) is 3.33. The molecule has 2 N–H and O–H groups in total. The van der Waals surface area contributed by atoms with E-state index in [1.165, 1.54) is 12.1 Å². The van der Waals surface area contributed by atoms with E-state index < -0.39 is 20.5 Å². The second kappa shape index (κ2) is 7.92. The summed E-state index contributed by atoms with van der Waals surface area (Å²) < 4.78 is 24.9. The standard InChI is InChI=1S/C15H21BrN2O4S/c1-4-13(19)17-9-14(20)18-10-15(2,3)23(21,22)12-7-5-11(16)6-8-12/h5-8H,4,9-10H2,1-3H3,(H,17,19)(H,18,20). The van der Waals surface area contributed by atoms with Crippen LogP contribution >= 0.6 is 15.9 Å². The fourth-order valence-electron chi connectivity index (χ4n) is 1.71. The van der Waals surface area contributed by atoms with E-state index in [4.69, 9.17) is 0 Å². The molecule has 1 aromatic rings. The van der Waals surface area contributed by atoms with Gasteiger partial charge in [-0.2, -0.15) is 0 Å². The summed E-state index contributed by atoms with van der Waals surface area (Å²) in [7, 11) is -3.61. The number of halogens is 1. The lowest BCUT2D eigenvalue weighted by Crippen LogP contribution is -2.46. The van der Waals surface area contributed by atoms with Crippen molar-refractivity contribution in [3.63, 3.8) is 0 Å². The molecule has 2 amide bonds. The van der Waals surface area contributed by atoms with Gasteiger partial charge in [0.05, 0.1) is 16.2 Å². The Morgan fingerprint density at radius 2 is 1.65 bits per heavy atom. The lowest BCUT2D eigenvalue weighted by molar-refractivity contribution is -0.125. The highest BCUT2D eigenvalue weighted by molar-refractivity contribution is 9.10. The molecule has 8 heteroatoms. The van der Waals surface area contributed by atoms with Crippen molar-refractivity contribution in [2.75, 3.05) is 13.1 Å². The molecule has 0 fully saturated rings. The third-order valence-corrected chi connectivity index (χ3v) is 6.35. The molecule has 6 nitrogen and oxygen atoms in total. The first-order valence-corrected chi connectivity index (χ1v) is 9.41. The van der Waals surface area contributed by atoms with Crippen molar-refractivity contribution < 1.29 is 18.0 Å². The number of hydrogen-bond donors (Lipinski definition) is 2. The molecule has 128 valence electrons. The number of rotatable bonds is 7. The highest BCUT2D eigenvalue weighted by Gasteiger charge is 2.36. The van der Waals surface area contributed by atoms with Gasteiger partial charge in [-0.15, -0.1) is 0 Å². The highest BCUT2D eigenvalue weighted by atomic mass is 79.9. The Hall–Kier alpha value is -1.41. The minimum absolute atomic E-state index is 0.0494. The topological polar surface area (TPSA) is 92.3 Å². The number of nitrogens with one attached hydrogen (secondary N) is 2. The number of hydrogen-bond acceptors (Lipinski definition) is 4. The predicted octanol–water partition coefficient (Wildman–Crippen LogP) is 1.64. The SMILES string of the molecule is CCC(=O)NCC(=O)NCC(C)(C)S(=O)(=O)c1ccc(Br)cc1. The summed E-state index contributed by atoms with van der Waals surface area (Å²) >= 11 is 3.26. The predicted molar refractivity (Wildman–Crippen MR) is 91.7 cm³/mol. The molecule has 0 atom stereocenters. The van der Waals surface area contributed by atoms with Gasteiger partial charge in [0.2, 0.25) is 11.8 Å². The quantitative estimate of drug-likeness (QED) is 0.722. The lowest BCUT2D eigenvalue weighted by Gasteiger charge is -2.25. The Morgan fingerprint density at radius 1 is 1.09 bits per heavy atom. The van der Waals surface area contributed by atoms with Crippen LogP contribution in [0.1, 0.15) is 27.2 Å². The number of amides is 2. The van der Waals surface area contributed by atoms with Gasteiger partial charge in [-0.1, -0.05) is 22.9 Å². The van der Waals surface area contributed by atoms with Crippen LogP contribution in [-0.2, 0) is 19.4 Å². The van der Waals surface area contributed by atoms with E-state index in [0.29, 0.717) is 0 Å². The summed E-state index contributed by atoms with van der Waals surface area (Å²) in [4.78, 5) is 23.0. The zero-order valence-electron chi connectivity index (χ0n) is 13.3. The van der Waals surface area contributed by atoms with Crippen LogP contribution in [0.5, 0.6) is 0 Å². The lowest BCUT2D eigenvalue weighted by atomic mass is 10.2. The van der Waals surface area contributed by atoms with Gasteiger partial charge in [0.25, 0.3) is 0 Å². The fourth-order valence-corrected chi connectivity index (χ4v) is 3.36. The van der Waals surface area contributed by atoms with E-state index in [0.717, 1.165) is 4.47 Å². The van der Waals surface area contributed by atoms with E-state index in [2.05, 4.69) is 26.6 Å². The van der Waals surface area contributed by atoms with E-state index in [9.17, 15) is 18.0 Å². The molecular formula is C15H21BrN2O4S. The van der Waals surface area contributed by atoms with Gasteiger partial charge in [0.1, 0.15) is 0 Å². The monoisotopic (exact) mass is 404 g/mol. The van der Waals surface area contributed by atoms with Crippen LogP contribution in [0.25, 0.3) is 0 Å². The minimum atomic E-state index is -3.61. The first-order chi connectivity index (χ1) is 10.6. The van der Waals surface area contributed by atoms with Crippen LogP contribution < -0.4 is 10.6 Å². The van der Waals surface area contributed by atoms with Gasteiger partial charge >= 0.3 is 0 Å². The van der Waals surface area contributed by atoms with E-state index in [-0.39, 0.29) is 30.3 Å². The molecule has 0 aliphatic rings. The van der Waals surface area contributed by atoms with Gasteiger partial charge in [0.15, 0.2) is 9.84 Å². The highest BCUT2D eigenvalue weighted by Crippen LogP contribution is 2.26. The molecule has 0 aromatic heterocycles. The van der Waals surface area contributed by atoms with Gasteiger partial charge in [-0.25, -0.2) is 8.42 Å². The maximum Gasteiger partial charge on any atom is 0.239 e. The van der Waals surface area contributed by atoms with Crippen LogP contribution in [0.2, 0.25) is 0 Å². The fraction of sp³-hybridized carbons (Fsp3) is 0.467. The first kappa shape index (κ1) is 19.6. The van der Waals surface area contributed by atoms with Crippen LogP contribution in [-0.4, -0.2) is 38.1 Å². The average Bonchev–Trinajstić information content (AvgIpc) is 2.50. The van der Waals surface area contributed by atoms with Gasteiger partial charge in [-0.3, -0.25) is 9.59 Å². The van der Waals surface area contributed by atoms with Crippen LogP contribution in [0.15, 0.2) is 33.6 Å². The second-order valence-corrected chi connectivity index (χ2v) is 9.12. The van der Waals surface area contributed by atoms with Gasteiger partial charge in [0, 0.05) is 17.4 Å². The van der Waals surface area contributed by atoms with Crippen LogP contribution in [0.3, 0.4) is 0 Å². The molecule has 0 saturated heterocycles. The Kier molecular flexibility index (Phi) is 6.76. The van der Waals surface area contributed by atoms with Crippen molar-refractivity contribution in [2.45, 2.75) is 36.8 Å². The Morgan fingerprint density at radius 3 is 2.17 bits per heavy atom. The summed E-state index contributed by atoms with van der Waals surface area (Å²) in [5.74, 6) is -0.659. The van der Waals surface area contributed by atoms with Crippen molar-refractivity contribution in [1.82, 2.24) is 10.6 Å². The average molecular weight is 405 g/mol. The second-order valence-electron chi connectivity index (χ2n) is 5.62. The maximum atomic E-state index is 12.7. The summed E-state index contributed by atoms with van der Waals surface area (Å²) in [5, 5.41) is 4.99. The van der Waals surface area contributed by atoms with Crippen molar-refractivity contribution >= 4 is 37.6 Å². The molecule has 0 saturated carbocycles. The van der Waals surface area contributed by atoms with Gasteiger partial charge in [-0.05, 0) is 38.1 Å². The van der Waals surface area contributed by atoms with Crippen LogP contribution in [0.4, 0.5) is 0 Å². The van der Waals surface area contributed by atoms with E-state index in [1.807, 2.05) is 0 Å². The molecular weight excluding hydrogens is 384 g/mol. The number of sulfone groups is 1. The van der Waals surface area contributed by atoms with Gasteiger partial charge < -0.3 is 10.6 Å². The number of carbonyl (C=O) groups is 2. The number of carbonyl (C=O) groups excluding carboxylic acids is 2. The van der Waals surface area contributed by atoms with Crippen molar-refractivity contribution in [3.05, 3.63) is 28.7 Å². The Bertz CT molecular complexity index is 669. The van der Waals surface area contributed by atoms with Crippen molar-refractivity contribution in [2.24, 2.45) is 0 Å². The molecule has 0 aliphatic heterocycles. The zero-order valence-corrected chi connectivity index (χ0v) is 15.8. The summed E-state index contributed by atoms with van der Waals surface area (Å²) in [5.41, 5.74) is 0. The van der Waals surface area contributed by atoms with Crippen molar-refractivity contribution in [3.8, 4) is 0 Å². The molecule has 0 aliphatic carbocycles. The smallest absolute Gasteiger partial charge is 0.239 e. The summed E-state index contributed by atoms with van der Waals surface area (Å²) in [6.07, 6.45) is 0.288. The minimum Gasteiger partial charge on any atom is -0.353 e. The molecule has 0 spiro atoms. The third kappa shape index (κ3) is 5.31. The zero-order chi connectivity index (χ0) is 17.7. The summed E-state index contributed by atoms with van der Waals surface area (Å²) in [6, 6.07) is 6.35. The molecule has 1 rings (SSSR count).